The molecule has 1 amide bonds. The van der Waals surface area contributed by atoms with E-state index in [0.29, 0.717) is 11.9 Å². The molecule has 4 heteroatoms. The van der Waals surface area contributed by atoms with Gasteiger partial charge in [0.25, 0.3) is 0 Å². The van der Waals surface area contributed by atoms with E-state index in [2.05, 4.69) is 111 Å². The summed E-state index contributed by atoms with van der Waals surface area (Å²) in [6, 6.07) is 32.5. The summed E-state index contributed by atoms with van der Waals surface area (Å²) in [4.78, 5) is 16.0. The number of hydrogen-bond acceptors (Lipinski definition) is 1. The molecule has 1 heterocycles. The third-order valence-electron chi connectivity index (χ3n) is 6.57. The molecule has 1 saturated carbocycles. The van der Waals surface area contributed by atoms with Crippen LogP contribution in [0.15, 0.2) is 91.0 Å². The van der Waals surface area contributed by atoms with Gasteiger partial charge in [-0.15, -0.1) is 0 Å². The second kappa shape index (κ2) is 7.07. The Labute approximate surface area is 180 Å². The van der Waals surface area contributed by atoms with Crippen LogP contribution in [0.1, 0.15) is 19.3 Å². The summed E-state index contributed by atoms with van der Waals surface area (Å²) < 4.78 is 0. The molecule has 0 N–H and O–H groups in total. The molecule has 148 valence electrons. The molecule has 0 bridgehead atoms. The van der Waals surface area contributed by atoms with Gasteiger partial charge in [-0.3, -0.25) is 0 Å². The third kappa shape index (κ3) is 2.75. The van der Waals surface area contributed by atoms with Gasteiger partial charge in [-0.25, -0.2) is 0 Å². The Hall–Kier alpha value is -1.96. The van der Waals surface area contributed by atoms with Crippen molar-refractivity contribution in [2.75, 3.05) is 6.54 Å². The number of hydrogen-bond donors (Lipinski definition) is 0. The number of benzene rings is 3. The minimum absolute atomic E-state index is 0.0891. The summed E-state index contributed by atoms with van der Waals surface area (Å²) in [6.45, 7) is 0.865. The Morgan fingerprint density at radius 2 is 1.10 bits per heavy atom. The molecule has 1 aliphatic heterocycles. The van der Waals surface area contributed by atoms with Gasteiger partial charge in [0.2, 0.25) is 0 Å². The van der Waals surface area contributed by atoms with Crippen LogP contribution in [-0.2, 0) is 4.79 Å². The Morgan fingerprint density at radius 3 is 1.48 bits per heavy atom. The zero-order valence-electron chi connectivity index (χ0n) is 16.3. The molecule has 3 aromatic carbocycles. The van der Waals surface area contributed by atoms with E-state index < -0.39 is 5.31 Å². The number of carbonyl (C=O) groups excluding carboxylic acids is 1. The number of likely N-dealkylation sites (tertiary alicyclic amines) is 1. The van der Waals surface area contributed by atoms with Crippen LogP contribution in [0, 0.1) is 0 Å². The number of rotatable bonds is 5. The van der Waals surface area contributed by atoms with Gasteiger partial charge < -0.3 is 0 Å². The molecule has 1 saturated heterocycles. The van der Waals surface area contributed by atoms with Gasteiger partial charge in [0, 0.05) is 0 Å². The molecule has 5 rings (SSSR count). The average molecular weight is 466 g/mol. The van der Waals surface area contributed by atoms with Crippen molar-refractivity contribution in [2.24, 2.45) is 0 Å². The maximum atomic E-state index is 13.9. The van der Waals surface area contributed by atoms with Crippen LogP contribution in [0.3, 0.4) is 0 Å². The van der Waals surface area contributed by atoms with Crippen molar-refractivity contribution in [3.05, 3.63) is 91.0 Å². The van der Waals surface area contributed by atoms with Gasteiger partial charge in [-0.1, -0.05) is 0 Å². The number of nitrogens with zero attached hydrogens (tertiary/aromatic N) is 1. The van der Waals surface area contributed by atoms with Gasteiger partial charge in [-0.2, -0.15) is 0 Å². The molecule has 2 aliphatic rings. The molecule has 3 aromatic rings. The summed E-state index contributed by atoms with van der Waals surface area (Å²) in [7, 11) is 0. The average Bonchev–Trinajstić information content (AvgIpc) is 3.56. The molecular weight excluding hydrogens is 441 g/mol. The second-order valence-corrected chi connectivity index (χ2v) is 16.9. The molecule has 2 nitrogen and oxygen atoms in total. The van der Waals surface area contributed by atoms with Crippen molar-refractivity contribution in [3.63, 3.8) is 0 Å². The van der Waals surface area contributed by atoms with Crippen LogP contribution in [0.4, 0.5) is 0 Å². The van der Waals surface area contributed by atoms with E-state index in [1.807, 2.05) is 0 Å². The van der Waals surface area contributed by atoms with Crippen molar-refractivity contribution in [1.29, 1.82) is 0 Å². The normalized spacial score (nSPS) is 21.0. The van der Waals surface area contributed by atoms with Crippen molar-refractivity contribution < 1.29 is 4.79 Å². The van der Waals surface area contributed by atoms with E-state index in [1.165, 1.54) is 15.9 Å². The number of amides is 1. The quantitative estimate of drug-likeness (QED) is 0.504. The van der Waals surface area contributed by atoms with Gasteiger partial charge in [0.05, 0.1) is 0 Å². The van der Waals surface area contributed by atoms with Crippen molar-refractivity contribution in [3.8, 4) is 0 Å². The summed E-state index contributed by atoms with van der Waals surface area (Å²) in [5, 5.41) is 0.471. The van der Waals surface area contributed by atoms with E-state index >= 15 is 0 Å². The minimum atomic E-state index is -3.21. The topological polar surface area (TPSA) is 20.3 Å². The molecule has 1 aliphatic carbocycles. The maximum absolute atomic E-state index is 13.9. The first-order valence-electron chi connectivity index (χ1n) is 10.3. The predicted molar refractivity (Wildman–Crippen MR) is 127 cm³/mol. The first-order valence-corrected chi connectivity index (χ1v) is 14.7. The van der Waals surface area contributed by atoms with Crippen LogP contribution >= 0.6 is 20.8 Å². The fraction of sp³-hybridized carbons (Fsp3) is 0.240. The number of halogens is 1. The van der Waals surface area contributed by atoms with E-state index in [1.54, 1.807) is 0 Å². The van der Waals surface area contributed by atoms with Gasteiger partial charge in [0.1, 0.15) is 0 Å². The monoisotopic (exact) mass is 465 g/mol. The summed E-state index contributed by atoms with van der Waals surface area (Å²) in [5.74, 6) is 0.318. The van der Waals surface area contributed by atoms with Gasteiger partial charge >= 0.3 is 181 Å². The van der Waals surface area contributed by atoms with E-state index in [9.17, 15) is 4.79 Å². The first-order chi connectivity index (χ1) is 14.1. The Kier molecular flexibility index (Phi) is 4.64. The van der Waals surface area contributed by atoms with Crippen LogP contribution in [0.25, 0.3) is 0 Å². The van der Waals surface area contributed by atoms with E-state index in [0.717, 1.165) is 25.8 Å². The molecule has 0 spiro atoms. The SMILES string of the molecule is O=C1C(P(Br)(c2ccccc2)(c2ccccc2)c2ccccc2)CCN1C1CC1. The van der Waals surface area contributed by atoms with E-state index in [-0.39, 0.29) is 5.66 Å². The van der Waals surface area contributed by atoms with Crippen molar-refractivity contribution in [2.45, 2.75) is 31.0 Å². The van der Waals surface area contributed by atoms with Crippen molar-refractivity contribution >= 4 is 42.6 Å². The molecule has 1 atom stereocenters. The molecular formula is C25H25BrNOP. The van der Waals surface area contributed by atoms with Gasteiger partial charge in [0.15, 0.2) is 0 Å². The van der Waals surface area contributed by atoms with Gasteiger partial charge in [-0.05, 0) is 0 Å². The summed E-state index contributed by atoms with van der Waals surface area (Å²) >= 11 is 4.46. The zero-order valence-corrected chi connectivity index (χ0v) is 18.8. The standard InChI is InChI=1S/C25H25BrNOP/c26-29(21-10-4-1-5-11-21,22-12-6-2-7-13-22,23-14-8-3-9-15-23)24-18-19-27(25(24)28)20-16-17-20/h1-15,20,24H,16-19H2. The molecule has 1 unspecified atom stereocenters. The van der Waals surface area contributed by atoms with E-state index in [4.69, 9.17) is 0 Å². The fourth-order valence-electron chi connectivity index (χ4n) is 5.03. The van der Waals surface area contributed by atoms with Crippen LogP contribution < -0.4 is 15.9 Å². The predicted octanol–water partition coefficient (Wildman–Crippen LogP) is 4.59. The third-order valence-corrected chi connectivity index (χ3v) is 17.3. The Morgan fingerprint density at radius 1 is 0.690 bits per heavy atom. The number of carbonyl (C=O) groups is 1. The molecule has 2 fully saturated rings. The Balaban J connectivity index is 1.84. The summed E-state index contributed by atoms with van der Waals surface area (Å²) in [6.07, 6.45) is 3.19. The molecule has 29 heavy (non-hydrogen) atoms. The Bertz CT molecular complexity index is 921. The van der Waals surface area contributed by atoms with Crippen LogP contribution in [-0.4, -0.2) is 29.1 Å². The zero-order chi connectivity index (χ0) is 19.9. The van der Waals surface area contributed by atoms with Crippen molar-refractivity contribution in [1.82, 2.24) is 4.90 Å². The molecule has 0 aromatic heterocycles. The first kappa shape index (κ1) is 19.0. The second-order valence-electron chi connectivity index (χ2n) is 8.15. The fourth-order valence-corrected chi connectivity index (χ4v) is 13.7. The van der Waals surface area contributed by atoms with Crippen LogP contribution in [0.5, 0.6) is 0 Å². The van der Waals surface area contributed by atoms with Crippen LogP contribution in [0.2, 0.25) is 0 Å². The summed E-state index contributed by atoms with van der Waals surface area (Å²) in [5.41, 5.74) is -0.0891. The molecule has 0 radical (unpaired) electrons.